The zero-order valence-corrected chi connectivity index (χ0v) is 37.7. The molecule has 14 aromatic rings. The first-order valence-electron chi connectivity index (χ1n) is 23.8. The Kier molecular flexibility index (Phi) is 6.94. The summed E-state index contributed by atoms with van der Waals surface area (Å²) in [4.78, 5) is 2.65. The zero-order valence-electron chi connectivity index (χ0n) is 37.7. The first-order valence-corrected chi connectivity index (χ1v) is 23.8. The highest BCUT2D eigenvalue weighted by molar-refractivity contribution is 6.92. The molecule has 10 aromatic carbocycles. The molecule has 2 aliphatic heterocycles. The number of furan rings is 1. The van der Waals surface area contributed by atoms with Gasteiger partial charge in [0.1, 0.15) is 11.2 Å². The van der Waals surface area contributed by atoms with Crippen molar-refractivity contribution in [2.45, 2.75) is 20.8 Å². The second-order valence-electron chi connectivity index (χ2n) is 19.3. The fourth-order valence-electron chi connectivity index (χ4n) is 13.1. The largest absolute Gasteiger partial charge is 0.455 e. The summed E-state index contributed by atoms with van der Waals surface area (Å²) in [5.74, 6) is 0. The molecule has 4 aromatic heterocycles. The number of aromatic nitrogens is 2. The molecule has 2 aliphatic rings. The lowest BCUT2D eigenvalue weighted by Crippen LogP contribution is -2.57. The number of anilines is 3. The Morgan fingerprint density at radius 2 is 1.03 bits per heavy atom. The second-order valence-corrected chi connectivity index (χ2v) is 19.3. The van der Waals surface area contributed by atoms with E-state index in [1.807, 2.05) is 0 Å². The molecule has 0 saturated heterocycles. The van der Waals surface area contributed by atoms with Gasteiger partial charge in [0.15, 0.2) is 0 Å². The van der Waals surface area contributed by atoms with Gasteiger partial charge < -0.3 is 18.2 Å². The van der Waals surface area contributed by atoms with Gasteiger partial charge in [-0.25, -0.2) is 0 Å². The van der Waals surface area contributed by atoms with Gasteiger partial charge in [-0.2, -0.15) is 0 Å². The molecule has 0 amide bonds. The van der Waals surface area contributed by atoms with Crippen molar-refractivity contribution >= 4 is 117 Å². The highest BCUT2D eigenvalue weighted by Crippen LogP contribution is 2.53. The molecule has 68 heavy (non-hydrogen) atoms. The van der Waals surface area contributed by atoms with Crippen molar-refractivity contribution in [3.8, 4) is 33.4 Å². The molecule has 0 aliphatic carbocycles. The lowest BCUT2D eigenvalue weighted by Gasteiger charge is -2.42. The van der Waals surface area contributed by atoms with Gasteiger partial charge in [0, 0.05) is 76.6 Å². The molecule has 0 radical (unpaired) electrons. The smallest absolute Gasteiger partial charge is 0.333 e. The molecular weight excluding hydrogens is 826 g/mol. The number of benzene rings is 10. The van der Waals surface area contributed by atoms with Crippen LogP contribution in [0.5, 0.6) is 0 Å². The number of rotatable bonds is 3. The lowest BCUT2D eigenvalue weighted by molar-refractivity contribution is 0.670. The summed E-state index contributed by atoms with van der Waals surface area (Å²) in [7, 11) is 0. The van der Waals surface area contributed by atoms with Crippen molar-refractivity contribution in [3.05, 3.63) is 205 Å². The third-order valence-electron chi connectivity index (χ3n) is 15.6. The van der Waals surface area contributed by atoms with E-state index in [9.17, 15) is 0 Å². The number of aryl methyl sites for hydroxylation is 3. The van der Waals surface area contributed by atoms with E-state index < -0.39 is 0 Å². The molecule has 0 bridgehead atoms. The van der Waals surface area contributed by atoms with Gasteiger partial charge in [-0.1, -0.05) is 139 Å². The number of fused-ring (bicyclic) bond motifs is 18. The predicted molar refractivity (Wildman–Crippen MR) is 287 cm³/mol. The van der Waals surface area contributed by atoms with Crippen molar-refractivity contribution in [1.82, 2.24) is 8.88 Å². The highest BCUT2D eigenvalue weighted by atomic mass is 16.3. The van der Waals surface area contributed by atoms with Gasteiger partial charge in [-0.15, -0.1) is 0 Å². The standard InChI is InChI=1S/C63H40BN3O/c1-35-28-36(2)60(37(3)29-35)66-53-33-47-42-20-10-13-23-50(42)65-51-24-14-11-22-44(51)56(62(47)65)58(53)64-59-54(66)34-48-43-21-12-15-25-55(43)68-63(48)57(59)49-32-41(39-18-8-5-9-19-39)31-46-45-30-40(38-16-6-4-7-17-38)26-27-52(45)67(64)61(46)49/h4-34H,1-3H3. The van der Waals surface area contributed by atoms with Gasteiger partial charge in [-0.3, -0.25) is 0 Å². The summed E-state index contributed by atoms with van der Waals surface area (Å²) in [6, 6.07) is 70.3. The van der Waals surface area contributed by atoms with Gasteiger partial charge >= 0.3 is 6.85 Å². The van der Waals surface area contributed by atoms with E-state index in [2.05, 4.69) is 223 Å². The summed E-state index contributed by atoms with van der Waals surface area (Å²) in [6.07, 6.45) is 0. The Balaban J connectivity index is 1.18. The minimum absolute atomic E-state index is 0.204. The molecule has 0 saturated carbocycles. The fraction of sp³-hybridized carbons (Fsp3) is 0.0476. The molecule has 6 heterocycles. The molecule has 16 rings (SSSR count). The Labute approximate surface area is 391 Å². The third-order valence-corrected chi connectivity index (χ3v) is 15.6. The highest BCUT2D eigenvalue weighted by Gasteiger charge is 2.47. The van der Waals surface area contributed by atoms with Crippen LogP contribution in [0.25, 0.3) is 115 Å². The van der Waals surface area contributed by atoms with Crippen molar-refractivity contribution in [2.75, 3.05) is 4.90 Å². The molecule has 316 valence electrons. The molecule has 0 spiro atoms. The van der Waals surface area contributed by atoms with Crippen LogP contribution in [0, 0.1) is 20.8 Å². The van der Waals surface area contributed by atoms with Crippen LogP contribution in [0.1, 0.15) is 16.7 Å². The van der Waals surface area contributed by atoms with E-state index >= 15 is 0 Å². The molecule has 0 atom stereocenters. The van der Waals surface area contributed by atoms with Crippen molar-refractivity contribution in [3.63, 3.8) is 0 Å². The van der Waals surface area contributed by atoms with E-state index in [1.165, 1.54) is 138 Å². The fourth-order valence-corrected chi connectivity index (χ4v) is 13.1. The molecule has 0 unspecified atom stereocenters. The Hall–Kier alpha value is -8.54. The van der Waals surface area contributed by atoms with Crippen molar-refractivity contribution in [1.29, 1.82) is 0 Å². The van der Waals surface area contributed by atoms with Gasteiger partial charge in [0.05, 0.1) is 22.2 Å². The maximum absolute atomic E-state index is 7.26. The van der Waals surface area contributed by atoms with Crippen LogP contribution < -0.4 is 15.8 Å². The van der Waals surface area contributed by atoms with Gasteiger partial charge in [-0.05, 0) is 120 Å². The molecule has 4 nitrogen and oxygen atoms in total. The van der Waals surface area contributed by atoms with E-state index in [-0.39, 0.29) is 6.85 Å². The van der Waals surface area contributed by atoms with E-state index in [4.69, 9.17) is 4.42 Å². The number of hydrogen-bond acceptors (Lipinski definition) is 2. The summed E-state index contributed by atoms with van der Waals surface area (Å²) < 4.78 is 12.5. The number of nitrogens with zero attached hydrogens (tertiary/aromatic N) is 3. The van der Waals surface area contributed by atoms with Gasteiger partial charge in [0.2, 0.25) is 0 Å². The maximum Gasteiger partial charge on any atom is 0.333 e. The molecule has 0 N–H and O–H groups in total. The minimum Gasteiger partial charge on any atom is -0.455 e. The van der Waals surface area contributed by atoms with Crippen LogP contribution in [-0.2, 0) is 0 Å². The average Bonchev–Trinajstić information content (AvgIpc) is 4.11. The maximum atomic E-state index is 7.26. The van der Waals surface area contributed by atoms with Crippen molar-refractivity contribution in [2.24, 2.45) is 0 Å². The lowest BCUT2D eigenvalue weighted by atomic mass is 9.44. The predicted octanol–water partition coefficient (Wildman–Crippen LogP) is 15.5. The van der Waals surface area contributed by atoms with Crippen LogP contribution in [0.2, 0.25) is 0 Å². The normalized spacial score (nSPS) is 13.2. The topological polar surface area (TPSA) is 25.7 Å². The molecule has 5 heteroatoms. The summed E-state index contributed by atoms with van der Waals surface area (Å²) in [5.41, 5.74) is 25.2. The summed E-state index contributed by atoms with van der Waals surface area (Å²) >= 11 is 0. The number of para-hydroxylation sites is 3. The monoisotopic (exact) mass is 865 g/mol. The Morgan fingerprint density at radius 1 is 0.426 bits per heavy atom. The SMILES string of the molecule is Cc1cc(C)c(N2c3cc4c(oc5ccccc54)c4c3B(c3c2cc2c5ccccc5n5c6ccccc6c3c25)n2c3ccc(-c5ccccc5)cc3c3cc(-c5ccccc5)cc-4c32)c(C)c1. The zero-order chi connectivity index (χ0) is 44.7. The Morgan fingerprint density at radius 3 is 1.79 bits per heavy atom. The van der Waals surface area contributed by atoms with Crippen molar-refractivity contribution < 1.29 is 4.42 Å². The van der Waals surface area contributed by atoms with Gasteiger partial charge in [0.25, 0.3) is 0 Å². The van der Waals surface area contributed by atoms with Crippen LogP contribution in [-0.4, -0.2) is 15.7 Å². The third kappa shape index (κ3) is 4.51. The molecule has 0 fully saturated rings. The first-order chi connectivity index (χ1) is 33.5. The molecular formula is C63H40BN3O. The minimum atomic E-state index is -0.204. The van der Waals surface area contributed by atoms with Crippen LogP contribution in [0.3, 0.4) is 0 Å². The second kappa shape index (κ2) is 12.9. The average molecular weight is 866 g/mol. The van der Waals surface area contributed by atoms with E-state index in [0.29, 0.717) is 0 Å². The van der Waals surface area contributed by atoms with Crippen LogP contribution in [0.4, 0.5) is 17.1 Å². The van der Waals surface area contributed by atoms with Crippen LogP contribution >= 0.6 is 0 Å². The summed E-state index contributed by atoms with van der Waals surface area (Å²) in [5, 5.41) is 9.87. The number of hydrogen-bond donors (Lipinski definition) is 0. The quantitative estimate of drug-likeness (QED) is 0.165. The van der Waals surface area contributed by atoms with E-state index in [1.54, 1.807) is 0 Å². The first kappa shape index (κ1) is 36.7. The summed E-state index contributed by atoms with van der Waals surface area (Å²) in [6.45, 7) is 6.61. The van der Waals surface area contributed by atoms with E-state index in [0.717, 1.165) is 21.9 Å². The van der Waals surface area contributed by atoms with Crippen LogP contribution in [0.15, 0.2) is 192 Å². The Bertz CT molecular complexity index is 4510.